The van der Waals surface area contributed by atoms with Crippen LogP contribution in [0.15, 0.2) is 71.4 Å². The van der Waals surface area contributed by atoms with Crippen molar-refractivity contribution in [3.8, 4) is 0 Å². The third kappa shape index (κ3) is 4.25. The molecule has 0 atom stereocenters. The van der Waals surface area contributed by atoms with Gasteiger partial charge in [0.1, 0.15) is 0 Å². The van der Waals surface area contributed by atoms with Gasteiger partial charge in [0.25, 0.3) is 11.8 Å². The summed E-state index contributed by atoms with van der Waals surface area (Å²) in [5, 5.41) is 1.09. The van der Waals surface area contributed by atoms with Gasteiger partial charge in [0.05, 0.1) is 10.5 Å². The van der Waals surface area contributed by atoms with Gasteiger partial charge in [0, 0.05) is 12.4 Å². The van der Waals surface area contributed by atoms with E-state index < -0.39 is 5.91 Å². The lowest BCUT2D eigenvalue weighted by Crippen LogP contribution is -2.44. The second kappa shape index (κ2) is 8.07. The van der Waals surface area contributed by atoms with Crippen molar-refractivity contribution in [3.05, 3.63) is 82.5 Å². The Hall–Kier alpha value is -2.77. The summed E-state index contributed by atoms with van der Waals surface area (Å²) in [5.41, 5.74) is 4.84. The molecule has 7 heteroatoms. The number of nitrogens with zero attached hydrogens (tertiary/aromatic N) is 2. The molecule has 1 fully saturated rings. The van der Waals surface area contributed by atoms with Crippen LogP contribution in [-0.4, -0.2) is 26.1 Å². The van der Waals surface area contributed by atoms with Gasteiger partial charge < -0.3 is 0 Å². The number of carbonyl (C=O) groups is 2. The van der Waals surface area contributed by atoms with E-state index >= 15 is 0 Å². The molecule has 130 valence electrons. The normalized spacial score (nSPS) is 16.3. The summed E-state index contributed by atoms with van der Waals surface area (Å²) in [4.78, 5) is 29.1. The first-order valence-electron chi connectivity index (χ1n) is 7.77. The van der Waals surface area contributed by atoms with Crippen LogP contribution in [0, 0.1) is 0 Å². The fraction of sp³-hybridized carbons (Fsp3) is 0.0526. The van der Waals surface area contributed by atoms with Crippen molar-refractivity contribution in [1.29, 1.82) is 0 Å². The number of aromatic nitrogens is 1. The number of amides is 2. The molecular formula is C19H15N3O2S2. The topological polar surface area (TPSA) is 62.3 Å². The predicted molar refractivity (Wildman–Crippen MR) is 107 cm³/mol. The molecule has 0 spiro atoms. The molecule has 0 bridgehead atoms. The lowest BCUT2D eigenvalue weighted by Gasteiger charge is -2.15. The van der Waals surface area contributed by atoms with Gasteiger partial charge >= 0.3 is 0 Å². The van der Waals surface area contributed by atoms with E-state index in [0.29, 0.717) is 10.5 Å². The zero-order chi connectivity index (χ0) is 18.5. The Morgan fingerprint density at radius 1 is 1.23 bits per heavy atom. The summed E-state index contributed by atoms with van der Waals surface area (Å²) in [6.45, 7) is 1.91. The van der Waals surface area contributed by atoms with Crippen LogP contribution < -0.4 is 5.43 Å². The van der Waals surface area contributed by atoms with E-state index in [4.69, 9.17) is 12.2 Å². The predicted octanol–water partition coefficient (Wildman–Crippen LogP) is 3.57. The summed E-state index contributed by atoms with van der Waals surface area (Å²) in [6.07, 6.45) is 6.74. The summed E-state index contributed by atoms with van der Waals surface area (Å²) in [7, 11) is 0. The first-order valence-corrected chi connectivity index (χ1v) is 8.99. The number of hydrogen-bond acceptors (Lipinski definition) is 5. The van der Waals surface area contributed by atoms with Crippen molar-refractivity contribution in [2.45, 2.75) is 6.92 Å². The number of carbonyl (C=O) groups excluding carboxylic acids is 2. The number of rotatable bonds is 4. The van der Waals surface area contributed by atoms with E-state index in [-0.39, 0.29) is 10.2 Å². The van der Waals surface area contributed by atoms with Gasteiger partial charge in [-0.25, -0.2) is 0 Å². The molecule has 0 radical (unpaired) electrons. The van der Waals surface area contributed by atoms with Gasteiger partial charge in [-0.2, -0.15) is 5.01 Å². The Morgan fingerprint density at radius 2 is 2.00 bits per heavy atom. The van der Waals surface area contributed by atoms with Crippen molar-refractivity contribution in [2.75, 3.05) is 0 Å². The monoisotopic (exact) mass is 381 g/mol. The molecule has 3 rings (SSSR count). The van der Waals surface area contributed by atoms with Crippen molar-refractivity contribution >= 4 is 46.2 Å². The van der Waals surface area contributed by atoms with Crippen LogP contribution in [0.1, 0.15) is 22.8 Å². The smallest absolute Gasteiger partial charge is 0.267 e. The van der Waals surface area contributed by atoms with Gasteiger partial charge in [-0.15, -0.1) is 0 Å². The first kappa shape index (κ1) is 18.0. The van der Waals surface area contributed by atoms with Crippen molar-refractivity contribution in [1.82, 2.24) is 15.4 Å². The maximum atomic E-state index is 12.6. The van der Waals surface area contributed by atoms with Gasteiger partial charge in [0.2, 0.25) is 0 Å². The molecular weight excluding hydrogens is 366 g/mol. The minimum atomic E-state index is -0.438. The van der Waals surface area contributed by atoms with E-state index in [1.165, 1.54) is 6.20 Å². The molecule has 0 aliphatic carbocycles. The van der Waals surface area contributed by atoms with Gasteiger partial charge in [0.15, 0.2) is 4.32 Å². The molecule has 1 aliphatic rings. The maximum absolute atomic E-state index is 12.6. The maximum Gasteiger partial charge on any atom is 0.285 e. The number of allylic oxidation sites excluding steroid dienone is 2. The largest absolute Gasteiger partial charge is 0.285 e. The highest BCUT2D eigenvalue weighted by atomic mass is 32.2. The number of pyridine rings is 1. The summed E-state index contributed by atoms with van der Waals surface area (Å²) in [6, 6.07) is 13.1. The van der Waals surface area contributed by atoms with Crippen LogP contribution in [0.4, 0.5) is 0 Å². The molecule has 0 unspecified atom stereocenters. The average Bonchev–Trinajstić information content (AvgIpc) is 2.90. The second-order valence-corrected chi connectivity index (χ2v) is 7.17. The van der Waals surface area contributed by atoms with Gasteiger partial charge in [-0.05, 0) is 48.5 Å². The molecule has 1 aliphatic heterocycles. The van der Waals surface area contributed by atoms with E-state index in [9.17, 15) is 9.59 Å². The summed E-state index contributed by atoms with van der Waals surface area (Å²) < 4.78 is 0.283. The molecule has 0 saturated carbocycles. The quantitative estimate of drug-likeness (QED) is 0.648. The Bertz CT molecular complexity index is 909. The number of thioether (sulfide) groups is 1. The molecule has 1 N–H and O–H groups in total. The molecule has 1 saturated heterocycles. The standard InChI is InChI=1S/C19H15N3O2S2/c1-13(10-14-6-3-2-4-7-14)11-16-18(24)22(19(25)26-16)21-17(23)15-8-5-9-20-12-15/h2-12H,1H3,(H,21,23). The summed E-state index contributed by atoms with van der Waals surface area (Å²) >= 11 is 6.38. The van der Waals surface area contributed by atoms with Crippen LogP contribution in [0.25, 0.3) is 6.08 Å². The lowest BCUT2D eigenvalue weighted by molar-refractivity contribution is -0.123. The average molecular weight is 381 g/mol. The second-order valence-electron chi connectivity index (χ2n) is 5.50. The van der Waals surface area contributed by atoms with Crippen LogP contribution in [-0.2, 0) is 4.79 Å². The minimum absolute atomic E-state index is 0.283. The van der Waals surface area contributed by atoms with Crippen molar-refractivity contribution in [2.24, 2.45) is 0 Å². The molecule has 26 heavy (non-hydrogen) atoms. The van der Waals surface area contributed by atoms with Crippen LogP contribution in [0.2, 0.25) is 0 Å². The zero-order valence-corrected chi connectivity index (χ0v) is 15.5. The van der Waals surface area contributed by atoms with Crippen molar-refractivity contribution < 1.29 is 9.59 Å². The Morgan fingerprint density at radius 3 is 2.69 bits per heavy atom. The highest BCUT2D eigenvalue weighted by molar-refractivity contribution is 8.26. The van der Waals surface area contributed by atoms with E-state index in [1.54, 1.807) is 24.4 Å². The van der Waals surface area contributed by atoms with Crippen LogP contribution in [0.3, 0.4) is 0 Å². The molecule has 2 amide bonds. The zero-order valence-electron chi connectivity index (χ0n) is 13.9. The number of nitrogens with one attached hydrogen (secondary N) is 1. The molecule has 1 aromatic carbocycles. The number of hydrazine groups is 1. The van der Waals surface area contributed by atoms with E-state index in [1.807, 2.05) is 43.3 Å². The van der Waals surface area contributed by atoms with Gasteiger partial charge in [-0.3, -0.25) is 20.0 Å². The fourth-order valence-corrected chi connectivity index (χ4v) is 3.52. The molecule has 5 nitrogen and oxygen atoms in total. The fourth-order valence-electron chi connectivity index (χ4n) is 2.29. The molecule has 1 aromatic heterocycles. The van der Waals surface area contributed by atoms with Crippen molar-refractivity contribution in [3.63, 3.8) is 0 Å². The third-order valence-corrected chi connectivity index (χ3v) is 4.79. The van der Waals surface area contributed by atoms with Crippen LogP contribution >= 0.6 is 24.0 Å². The number of benzene rings is 1. The summed E-state index contributed by atoms with van der Waals surface area (Å²) in [5.74, 6) is -0.787. The SMILES string of the molecule is CC(=Cc1ccccc1)C=C1SC(=S)N(NC(=O)c2cccnc2)C1=O. The van der Waals surface area contributed by atoms with E-state index in [0.717, 1.165) is 27.9 Å². The van der Waals surface area contributed by atoms with E-state index in [2.05, 4.69) is 10.4 Å². The Labute approximate surface area is 160 Å². The van der Waals surface area contributed by atoms with Crippen LogP contribution in [0.5, 0.6) is 0 Å². The molecule has 2 aromatic rings. The van der Waals surface area contributed by atoms with Gasteiger partial charge in [-0.1, -0.05) is 48.2 Å². The highest BCUT2D eigenvalue weighted by Crippen LogP contribution is 2.31. The lowest BCUT2D eigenvalue weighted by atomic mass is 10.1. The number of thiocarbonyl (C=S) groups is 1. The Balaban J connectivity index is 1.74. The number of hydrogen-bond donors (Lipinski definition) is 1. The molecule has 2 heterocycles. The minimum Gasteiger partial charge on any atom is -0.267 e. The Kier molecular flexibility index (Phi) is 5.60. The first-order chi connectivity index (χ1) is 12.5. The third-order valence-electron chi connectivity index (χ3n) is 3.48. The highest BCUT2D eigenvalue weighted by Gasteiger charge is 2.33.